The summed E-state index contributed by atoms with van der Waals surface area (Å²) in [7, 11) is -3.83. The standard InChI is InChI=1S/C26H31NO5S/c1-5-31-23(28)14-20-24-25(3,4)15-22-26(24,19-8-6-7-9-21(19)32-22)16-27(20)33(29,30)18-12-10-17(2)11-13-18/h6-13,20,22,24H,5,14-16H2,1-4H3/t20-,22-,24-,26-/m1/s1. The van der Waals surface area contributed by atoms with Crippen LogP contribution in [0.1, 0.15) is 44.7 Å². The monoisotopic (exact) mass is 469 g/mol. The van der Waals surface area contributed by atoms with Crippen LogP contribution in [0.2, 0.25) is 0 Å². The number of nitrogens with zero attached hydrogens (tertiary/aromatic N) is 1. The Labute approximate surface area is 195 Å². The molecule has 1 saturated carbocycles. The molecule has 2 fully saturated rings. The molecule has 0 radical (unpaired) electrons. The Bertz CT molecular complexity index is 1190. The number of ether oxygens (including phenoxy) is 2. The van der Waals surface area contributed by atoms with E-state index in [1.807, 2.05) is 37.3 Å². The molecular weight excluding hydrogens is 438 g/mol. The van der Waals surface area contributed by atoms with E-state index in [0.717, 1.165) is 23.3 Å². The van der Waals surface area contributed by atoms with E-state index < -0.39 is 21.5 Å². The minimum Gasteiger partial charge on any atom is -0.489 e. The first-order valence-electron chi connectivity index (χ1n) is 11.6. The highest BCUT2D eigenvalue weighted by Crippen LogP contribution is 2.66. The van der Waals surface area contributed by atoms with E-state index in [-0.39, 0.29) is 41.3 Å². The van der Waals surface area contributed by atoms with E-state index >= 15 is 0 Å². The van der Waals surface area contributed by atoms with Gasteiger partial charge in [0, 0.05) is 18.2 Å². The van der Waals surface area contributed by atoms with Gasteiger partial charge in [-0.25, -0.2) is 8.42 Å². The molecule has 176 valence electrons. The summed E-state index contributed by atoms with van der Waals surface area (Å²) in [5, 5.41) is 0. The minimum absolute atomic E-state index is 0.0314. The van der Waals surface area contributed by atoms with E-state index in [4.69, 9.17) is 9.47 Å². The van der Waals surface area contributed by atoms with E-state index in [1.54, 1.807) is 23.4 Å². The number of hydrogen-bond donors (Lipinski definition) is 0. The Kier molecular flexibility index (Phi) is 5.14. The summed E-state index contributed by atoms with van der Waals surface area (Å²) in [5.41, 5.74) is 1.34. The summed E-state index contributed by atoms with van der Waals surface area (Å²) in [5.74, 6) is 0.380. The van der Waals surface area contributed by atoms with Gasteiger partial charge in [-0.05, 0) is 49.8 Å². The molecule has 3 aliphatic rings. The number of esters is 1. The highest BCUT2D eigenvalue weighted by atomic mass is 32.2. The van der Waals surface area contributed by atoms with Crippen molar-refractivity contribution in [2.75, 3.05) is 13.2 Å². The number of hydrogen-bond acceptors (Lipinski definition) is 5. The maximum Gasteiger partial charge on any atom is 0.307 e. The van der Waals surface area contributed by atoms with Gasteiger partial charge in [0.2, 0.25) is 10.0 Å². The van der Waals surface area contributed by atoms with E-state index in [9.17, 15) is 13.2 Å². The molecule has 5 rings (SSSR count). The molecule has 4 atom stereocenters. The Morgan fingerprint density at radius 3 is 2.55 bits per heavy atom. The smallest absolute Gasteiger partial charge is 0.307 e. The minimum atomic E-state index is -3.83. The first-order valence-corrected chi connectivity index (χ1v) is 13.1. The zero-order chi connectivity index (χ0) is 23.6. The fourth-order valence-corrected chi connectivity index (χ4v) is 8.38. The topological polar surface area (TPSA) is 72.9 Å². The van der Waals surface area contributed by atoms with Gasteiger partial charge in [0.1, 0.15) is 11.9 Å². The normalized spacial score (nSPS) is 29.8. The van der Waals surface area contributed by atoms with Gasteiger partial charge >= 0.3 is 5.97 Å². The average molecular weight is 470 g/mol. The third-order valence-electron chi connectivity index (χ3n) is 7.82. The van der Waals surface area contributed by atoms with Crippen LogP contribution in [0.15, 0.2) is 53.4 Å². The maximum absolute atomic E-state index is 14.0. The number of sulfonamides is 1. The molecule has 33 heavy (non-hydrogen) atoms. The molecule has 0 bridgehead atoms. The van der Waals surface area contributed by atoms with Crippen LogP contribution >= 0.6 is 0 Å². The summed E-state index contributed by atoms with van der Waals surface area (Å²) < 4.78 is 41.2. The second-order valence-electron chi connectivity index (χ2n) is 10.3. The van der Waals surface area contributed by atoms with Crippen LogP contribution < -0.4 is 4.74 Å². The number of carbonyl (C=O) groups is 1. The predicted molar refractivity (Wildman–Crippen MR) is 125 cm³/mol. The van der Waals surface area contributed by atoms with E-state index in [2.05, 4.69) is 19.9 Å². The molecule has 0 amide bonds. The zero-order valence-corrected chi connectivity index (χ0v) is 20.4. The predicted octanol–water partition coefficient (Wildman–Crippen LogP) is 4.07. The van der Waals surface area contributed by atoms with Crippen LogP contribution in [0.3, 0.4) is 0 Å². The lowest BCUT2D eigenvalue weighted by molar-refractivity contribution is -0.144. The first kappa shape index (κ1) is 22.4. The molecule has 0 N–H and O–H groups in total. The van der Waals surface area contributed by atoms with Gasteiger partial charge in [-0.3, -0.25) is 4.79 Å². The maximum atomic E-state index is 14.0. The van der Waals surface area contributed by atoms with Crippen molar-refractivity contribution in [2.45, 2.75) is 63.0 Å². The van der Waals surface area contributed by atoms with Gasteiger partial charge in [-0.15, -0.1) is 0 Å². The van der Waals surface area contributed by atoms with Gasteiger partial charge in [0.05, 0.1) is 23.3 Å². The lowest BCUT2D eigenvalue weighted by Gasteiger charge is -2.36. The summed E-state index contributed by atoms with van der Waals surface area (Å²) in [4.78, 5) is 13.0. The lowest BCUT2D eigenvalue weighted by Crippen LogP contribution is -2.43. The quantitative estimate of drug-likeness (QED) is 0.618. The van der Waals surface area contributed by atoms with Crippen LogP contribution in [0.4, 0.5) is 0 Å². The SMILES string of the molecule is CCOC(=O)C[C@@H]1[C@@H]2C(C)(C)C[C@H]3Oc4ccccc4[C@@]23CN1S(=O)(=O)c1ccc(C)cc1. The molecular formula is C26H31NO5S. The third kappa shape index (κ3) is 3.23. The molecule has 2 aliphatic heterocycles. The van der Waals surface area contributed by atoms with Crippen molar-refractivity contribution in [3.05, 3.63) is 59.7 Å². The molecule has 7 heteroatoms. The van der Waals surface area contributed by atoms with Crippen LogP contribution in [0, 0.1) is 18.3 Å². The van der Waals surface area contributed by atoms with Crippen molar-refractivity contribution in [3.8, 4) is 5.75 Å². The number of aryl methyl sites for hydroxylation is 1. The van der Waals surface area contributed by atoms with Gasteiger partial charge in [-0.2, -0.15) is 4.31 Å². The van der Waals surface area contributed by atoms with Gasteiger partial charge in [-0.1, -0.05) is 49.7 Å². The highest BCUT2D eigenvalue weighted by Gasteiger charge is 2.72. The summed E-state index contributed by atoms with van der Waals surface area (Å²) in [6.07, 6.45) is 0.714. The van der Waals surface area contributed by atoms with Crippen molar-refractivity contribution >= 4 is 16.0 Å². The van der Waals surface area contributed by atoms with Crippen LogP contribution in [0.5, 0.6) is 5.75 Å². The van der Waals surface area contributed by atoms with Crippen LogP contribution in [0.25, 0.3) is 0 Å². The lowest BCUT2D eigenvalue weighted by atomic mass is 9.66. The molecule has 6 nitrogen and oxygen atoms in total. The number of benzene rings is 2. The second kappa shape index (κ2) is 7.57. The van der Waals surface area contributed by atoms with Crippen LogP contribution in [-0.4, -0.2) is 44.0 Å². The van der Waals surface area contributed by atoms with Crippen molar-refractivity contribution in [2.24, 2.45) is 11.3 Å². The molecule has 0 aromatic heterocycles. The highest BCUT2D eigenvalue weighted by molar-refractivity contribution is 7.89. The number of para-hydroxylation sites is 1. The van der Waals surface area contributed by atoms with E-state index in [0.29, 0.717) is 6.54 Å². The van der Waals surface area contributed by atoms with Crippen molar-refractivity contribution in [3.63, 3.8) is 0 Å². The van der Waals surface area contributed by atoms with Crippen molar-refractivity contribution in [1.29, 1.82) is 0 Å². The second-order valence-corrected chi connectivity index (χ2v) is 12.1. The fourth-order valence-electron chi connectivity index (χ4n) is 6.69. The Balaban J connectivity index is 1.67. The summed E-state index contributed by atoms with van der Waals surface area (Å²) >= 11 is 0. The van der Waals surface area contributed by atoms with Gasteiger partial charge in [0.25, 0.3) is 0 Å². The Morgan fingerprint density at radius 1 is 1.15 bits per heavy atom. The molecule has 2 aromatic rings. The van der Waals surface area contributed by atoms with Crippen LogP contribution in [-0.2, 0) is 25.0 Å². The van der Waals surface area contributed by atoms with Gasteiger partial charge in [0.15, 0.2) is 0 Å². The largest absolute Gasteiger partial charge is 0.489 e. The summed E-state index contributed by atoms with van der Waals surface area (Å²) in [6, 6.07) is 14.4. The number of fused-ring (bicyclic) bond motifs is 1. The Hall–Kier alpha value is -2.38. The fraction of sp³-hybridized carbons (Fsp3) is 0.500. The number of carbonyl (C=O) groups excluding carboxylic acids is 1. The molecule has 1 spiro atoms. The van der Waals surface area contributed by atoms with E-state index in [1.165, 1.54) is 0 Å². The molecule has 0 unspecified atom stereocenters. The first-order chi connectivity index (χ1) is 15.6. The molecule has 2 heterocycles. The number of rotatable bonds is 5. The molecule has 1 saturated heterocycles. The Morgan fingerprint density at radius 2 is 1.85 bits per heavy atom. The average Bonchev–Trinajstić information content (AvgIpc) is 3.32. The molecule has 2 aromatic carbocycles. The zero-order valence-electron chi connectivity index (χ0n) is 19.6. The van der Waals surface area contributed by atoms with Gasteiger partial charge < -0.3 is 9.47 Å². The molecule has 1 aliphatic carbocycles. The third-order valence-corrected chi connectivity index (χ3v) is 9.71. The van der Waals surface area contributed by atoms with Crippen molar-refractivity contribution < 1.29 is 22.7 Å². The van der Waals surface area contributed by atoms with Crippen molar-refractivity contribution in [1.82, 2.24) is 4.31 Å². The summed E-state index contributed by atoms with van der Waals surface area (Å²) in [6.45, 7) is 8.60.